The van der Waals surface area contributed by atoms with Gasteiger partial charge in [0.05, 0.1) is 15.6 Å². The van der Waals surface area contributed by atoms with Crippen molar-refractivity contribution in [3.8, 4) is 0 Å². The Morgan fingerprint density at radius 3 is 2.87 bits per heavy atom. The first kappa shape index (κ1) is 17.2. The summed E-state index contributed by atoms with van der Waals surface area (Å²) in [4.78, 5) is 33.9. The molecule has 23 heavy (non-hydrogen) atoms. The highest BCUT2D eigenvalue weighted by atomic mass is 32.2. The number of thioether (sulfide) groups is 1. The van der Waals surface area contributed by atoms with Gasteiger partial charge in [-0.05, 0) is 31.5 Å². The molecule has 9 heteroatoms. The number of nitro groups is 1. The van der Waals surface area contributed by atoms with Gasteiger partial charge >= 0.3 is 0 Å². The van der Waals surface area contributed by atoms with E-state index < -0.39 is 10.8 Å². The van der Waals surface area contributed by atoms with Crippen molar-refractivity contribution in [2.45, 2.75) is 23.8 Å². The van der Waals surface area contributed by atoms with Crippen LogP contribution in [-0.2, 0) is 4.79 Å². The van der Waals surface area contributed by atoms with Gasteiger partial charge in [0.1, 0.15) is 0 Å². The first-order valence-corrected chi connectivity index (χ1v) is 8.17. The van der Waals surface area contributed by atoms with E-state index in [9.17, 15) is 19.7 Å². The maximum absolute atomic E-state index is 11.9. The Morgan fingerprint density at radius 2 is 2.26 bits per heavy atom. The van der Waals surface area contributed by atoms with Crippen LogP contribution in [-0.4, -0.2) is 41.6 Å². The van der Waals surface area contributed by atoms with E-state index in [0.29, 0.717) is 4.90 Å². The van der Waals surface area contributed by atoms with E-state index in [1.54, 1.807) is 0 Å². The fraction of sp³-hybridized carbons (Fsp3) is 0.429. The van der Waals surface area contributed by atoms with Gasteiger partial charge < -0.3 is 16.4 Å². The topological polar surface area (TPSA) is 127 Å². The summed E-state index contributed by atoms with van der Waals surface area (Å²) in [5.41, 5.74) is 4.97. The predicted molar refractivity (Wildman–Crippen MR) is 86.4 cm³/mol. The normalized spacial score (nSPS) is 17.5. The summed E-state index contributed by atoms with van der Waals surface area (Å²) in [5.74, 6) is -0.822. The molecule has 1 aromatic rings. The van der Waals surface area contributed by atoms with Crippen molar-refractivity contribution >= 4 is 29.3 Å². The number of nitrogens with one attached hydrogen (secondary N) is 2. The minimum atomic E-state index is -0.729. The van der Waals surface area contributed by atoms with Crippen LogP contribution in [0.5, 0.6) is 0 Å². The van der Waals surface area contributed by atoms with Gasteiger partial charge in [0, 0.05) is 24.2 Å². The van der Waals surface area contributed by atoms with Crippen molar-refractivity contribution in [1.29, 1.82) is 0 Å². The summed E-state index contributed by atoms with van der Waals surface area (Å²) >= 11 is 1.07. The molecule has 0 aromatic heterocycles. The second kappa shape index (κ2) is 7.93. The van der Waals surface area contributed by atoms with Crippen molar-refractivity contribution in [2.75, 3.05) is 18.8 Å². The Kier molecular flexibility index (Phi) is 5.94. The van der Waals surface area contributed by atoms with E-state index in [2.05, 4.69) is 10.6 Å². The fourth-order valence-electron chi connectivity index (χ4n) is 2.32. The highest BCUT2D eigenvalue weighted by Crippen LogP contribution is 2.30. The third-order valence-electron chi connectivity index (χ3n) is 3.46. The van der Waals surface area contributed by atoms with Gasteiger partial charge in [-0.1, -0.05) is 0 Å². The van der Waals surface area contributed by atoms with Crippen LogP contribution in [0.25, 0.3) is 0 Å². The summed E-state index contributed by atoms with van der Waals surface area (Å²) in [6.45, 7) is 1.70. The van der Waals surface area contributed by atoms with Gasteiger partial charge in [-0.3, -0.25) is 19.7 Å². The third-order valence-corrected chi connectivity index (χ3v) is 4.52. The summed E-state index contributed by atoms with van der Waals surface area (Å²) in [7, 11) is 0. The van der Waals surface area contributed by atoms with E-state index in [-0.39, 0.29) is 29.0 Å². The van der Waals surface area contributed by atoms with Crippen LogP contribution in [0.4, 0.5) is 5.69 Å². The minimum Gasteiger partial charge on any atom is -0.366 e. The number of hydrogen-bond donors (Lipinski definition) is 3. The molecule has 1 heterocycles. The molecule has 1 aliphatic rings. The van der Waals surface area contributed by atoms with Crippen LogP contribution in [0.2, 0.25) is 0 Å². The first-order valence-electron chi connectivity index (χ1n) is 7.18. The molecule has 1 saturated heterocycles. The van der Waals surface area contributed by atoms with Crippen molar-refractivity contribution in [3.63, 3.8) is 0 Å². The number of rotatable bonds is 6. The fourth-order valence-corrected chi connectivity index (χ4v) is 3.14. The summed E-state index contributed by atoms with van der Waals surface area (Å²) < 4.78 is 0. The Morgan fingerprint density at radius 1 is 1.48 bits per heavy atom. The van der Waals surface area contributed by atoms with Crippen molar-refractivity contribution < 1.29 is 14.5 Å². The molecule has 124 valence electrons. The molecule has 4 N–H and O–H groups in total. The second-order valence-corrected chi connectivity index (χ2v) is 6.22. The molecule has 0 aliphatic carbocycles. The third kappa shape index (κ3) is 4.93. The van der Waals surface area contributed by atoms with Crippen molar-refractivity contribution in [2.24, 2.45) is 5.73 Å². The molecule has 1 fully saturated rings. The molecule has 2 amide bonds. The number of nitrogens with zero attached hydrogens (tertiary/aromatic N) is 1. The maximum Gasteiger partial charge on any atom is 0.283 e. The Labute approximate surface area is 137 Å². The lowest BCUT2D eigenvalue weighted by atomic mass is 10.1. The molecule has 8 nitrogen and oxygen atoms in total. The molecule has 1 aromatic carbocycles. The highest BCUT2D eigenvalue weighted by Gasteiger charge is 2.19. The van der Waals surface area contributed by atoms with Crippen molar-refractivity contribution in [3.05, 3.63) is 33.9 Å². The van der Waals surface area contributed by atoms with Crippen LogP contribution < -0.4 is 16.4 Å². The van der Waals surface area contributed by atoms with E-state index in [1.807, 2.05) is 0 Å². The van der Waals surface area contributed by atoms with Crippen molar-refractivity contribution in [1.82, 2.24) is 10.6 Å². The lowest BCUT2D eigenvalue weighted by molar-refractivity contribution is -0.387. The molecule has 1 aliphatic heterocycles. The number of nitro benzene ring substituents is 1. The molecule has 2 rings (SSSR count). The number of nitrogens with two attached hydrogens (primary N) is 1. The molecule has 0 bridgehead atoms. The zero-order chi connectivity index (χ0) is 16.8. The Hall–Kier alpha value is -2.13. The number of carbonyl (C=O) groups excluding carboxylic acids is 2. The zero-order valence-electron chi connectivity index (χ0n) is 12.4. The molecule has 0 saturated carbocycles. The average Bonchev–Trinajstić information content (AvgIpc) is 2.53. The summed E-state index contributed by atoms with van der Waals surface area (Å²) in [5, 5.41) is 17.2. The number of piperidine rings is 1. The molecular weight excluding hydrogens is 320 g/mol. The van der Waals surface area contributed by atoms with Gasteiger partial charge in [0.2, 0.25) is 11.8 Å². The number of primary amides is 1. The van der Waals surface area contributed by atoms with Gasteiger partial charge in [-0.25, -0.2) is 0 Å². The standard InChI is InChI=1S/C14H18N4O4S/c15-14(20)9-3-4-12(11(6-9)18(21)22)23-8-13(19)17-10-2-1-5-16-7-10/h3-4,6,10,16H,1-2,5,7-8H2,(H2,15,20)(H,17,19)/t10-/m0/s1. The van der Waals surface area contributed by atoms with E-state index >= 15 is 0 Å². The summed E-state index contributed by atoms with van der Waals surface area (Å²) in [6.07, 6.45) is 1.94. The number of carbonyl (C=O) groups is 2. The van der Waals surface area contributed by atoms with Gasteiger partial charge in [-0.15, -0.1) is 11.8 Å². The van der Waals surface area contributed by atoms with E-state index in [4.69, 9.17) is 5.73 Å². The van der Waals surface area contributed by atoms with Gasteiger partial charge in [0.15, 0.2) is 0 Å². The Balaban J connectivity index is 1.97. The van der Waals surface area contributed by atoms with Gasteiger partial charge in [-0.2, -0.15) is 0 Å². The average molecular weight is 338 g/mol. The molecular formula is C14H18N4O4S. The molecule has 0 radical (unpaired) electrons. The smallest absolute Gasteiger partial charge is 0.283 e. The quantitative estimate of drug-likeness (QED) is 0.397. The van der Waals surface area contributed by atoms with E-state index in [1.165, 1.54) is 12.1 Å². The second-order valence-electron chi connectivity index (χ2n) is 5.20. The molecule has 0 unspecified atom stereocenters. The molecule has 0 spiro atoms. The minimum absolute atomic E-state index is 0.0683. The number of benzene rings is 1. The Bertz CT molecular complexity index is 617. The highest BCUT2D eigenvalue weighted by molar-refractivity contribution is 8.00. The lowest BCUT2D eigenvalue weighted by Crippen LogP contribution is -2.46. The lowest BCUT2D eigenvalue weighted by Gasteiger charge is -2.23. The number of amides is 2. The van der Waals surface area contributed by atoms with Crippen LogP contribution >= 0.6 is 11.8 Å². The zero-order valence-corrected chi connectivity index (χ0v) is 13.2. The largest absolute Gasteiger partial charge is 0.366 e. The van der Waals surface area contributed by atoms with Crippen LogP contribution in [0.3, 0.4) is 0 Å². The predicted octanol–water partition coefficient (Wildman–Crippen LogP) is 0.654. The van der Waals surface area contributed by atoms with Crippen LogP contribution in [0.15, 0.2) is 23.1 Å². The van der Waals surface area contributed by atoms with Crippen LogP contribution in [0.1, 0.15) is 23.2 Å². The first-order chi connectivity index (χ1) is 11.0. The van der Waals surface area contributed by atoms with E-state index in [0.717, 1.165) is 43.8 Å². The summed E-state index contributed by atoms with van der Waals surface area (Å²) in [6, 6.07) is 4.09. The molecule has 1 atom stereocenters. The maximum atomic E-state index is 11.9. The van der Waals surface area contributed by atoms with Crippen LogP contribution in [0, 0.1) is 10.1 Å². The number of hydrogen-bond acceptors (Lipinski definition) is 6. The van der Waals surface area contributed by atoms with Gasteiger partial charge in [0.25, 0.3) is 5.69 Å². The monoisotopic (exact) mass is 338 g/mol. The SMILES string of the molecule is NC(=O)c1ccc(SCC(=O)N[C@H]2CCCNC2)c([N+](=O)[O-])c1.